The van der Waals surface area contributed by atoms with Crippen LogP contribution in [0.2, 0.25) is 10.0 Å². The van der Waals surface area contributed by atoms with E-state index >= 15 is 0 Å². The molecule has 2 heterocycles. The number of halogens is 2. The zero-order valence-electron chi connectivity index (χ0n) is 23.0. The second kappa shape index (κ2) is 12.8. The molecular weight excluding hydrogens is 614 g/mol. The van der Waals surface area contributed by atoms with Gasteiger partial charge in [0.25, 0.3) is 0 Å². The smallest absolute Gasteiger partial charge is 0.187 e. The first-order valence-corrected chi connectivity index (χ1v) is 17.5. The molecule has 5 rings (SSSR count). The van der Waals surface area contributed by atoms with E-state index in [1.165, 1.54) is 11.8 Å². The molecular formula is C30H27Cl2N4O4PS. The van der Waals surface area contributed by atoms with Crippen molar-refractivity contribution >= 4 is 42.1 Å². The number of hydrogen-bond acceptors (Lipinski definition) is 8. The van der Waals surface area contributed by atoms with Gasteiger partial charge in [0.1, 0.15) is 43.0 Å². The Morgan fingerprint density at radius 2 is 1.67 bits per heavy atom. The molecule has 2 aromatic heterocycles. The van der Waals surface area contributed by atoms with Crippen molar-refractivity contribution in [1.82, 2.24) is 19.7 Å². The first-order chi connectivity index (χ1) is 20.1. The van der Waals surface area contributed by atoms with Crippen molar-refractivity contribution in [1.29, 1.82) is 0 Å². The summed E-state index contributed by atoms with van der Waals surface area (Å²) >= 11 is 14.7. The molecule has 0 saturated heterocycles. The lowest BCUT2D eigenvalue weighted by atomic mass is 10.1. The Morgan fingerprint density at radius 3 is 2.36 bits per heavy atom. The van der Waals surface area contributed by atoms with Gasteiger partial charge in [-0.25, -0.2) is 15.0 Å². The molecule has 0 atom stereocenters. The SMILES string of the molecule is CSc1nccc(-c2c(-c3cccc(OCc4ccccc4)c3)nc(-c3c(Cl)cc(OCP(C)(C)=O)cc3Cl)n2O)n1. The number of hydrogen-bond donors (Lipinski definition) is 1. The van der Waals surface area contributed by atoms with E-state index in [-0.39, 0.29) is 22.2 Å². The predicted octanol–water partition coefficient (Wildman–Crippen LogP) is 8.48. The zero-order valence-corrected chi connectivity index (χ0v) is 26.2. The topological polar surface area (TPSA) is 99.4 Å². The van der Waals surface area contributed by atoms with Gasteiger partial charge in [-0.05, 0) is 55.5 Å². The number of benzene rings is 3. The quantitative estimate of drug-likeness (QED) is 0.0702. The summed E-state index contributed by atoms with van der Waals surface area (Å²) in [4.78, 5) is 13.7. The van der Waals surface area contributed by atoms with Gasteiger partial charge >= 0.3 is 0 Å². The van der Waals surface area contributed by atoms with Crippen LogP contribution in [0.3, 0.4) is 0 Å². The summed E-state index contributed by atoms with van der Waals surface area (Å²) in [6.45, 7) is 3.66. The molecule has 0 bridgehead atoms. The molecule has 0 radical (unpaired) electrons. The fraction of sp³-hybridized carbons (Fsp3) is 0.167. The normalized spacial score (nSPS) is 11.5. The van der Waals surface area contributed by atoms with E-state index in [0.29, 0.717) is 51.5 Å². The van der Waals surface area contributed by atoms with Gasteiger partial charge in [0, 0.05) is 11.8 Å². The molecule has 216 valence electrons. The van der Waals surface area contributed by atoms with Crippen LogP contribution in [0.5, 0.6) is 11.5 Å². The molecule has 0 amide bonds. The minimum Gasteiger partial charge on any atom is -0.489 e. The minimum absolute atomic E-state index is 0.0378. The lowest BCUT2D eigenvalue weighted by Crippen LogP contribution is -2.01. The molecule has 3 aromatic carbocycles. The van der Waals surface area contributed by atoms with E-state index < -0.39 is 7.14 Å². The van der Waals surface area contributed by atoms with Gasteiger partial charge in [-0.1, -0.05) is 77.4 Å². The summed E-state index contributed by atoms with van der Waals surface area (Å²) in [7, 11) is -2.43. The van der Waals surface area contributed by atoms with Crippen LogP contribution in [-0.4, -0.2) is 50.8 Å². The summed E-state index contributed by atoms with van der Waals surface area (Å²) in [6, 6.07) is 22.1. The van der Waals surface area contributed by atoms with Crippen LogP contribution in [0.25, 0.3) is 34.0 Å². The van der Waals surface area contributed by atoms with Gasteiger partial charge in [-0.2, -0.15) is 4.73 Å². The maximum atomic E-state index is 12.1. The average molecular weight is 642 g/mol. The molecule has 0 aliphatic rings. The number of ether oxygens (including phenoxy) is 2. The van der Waals surface area contributed by atoms with Crippen molar-refractivity contribution in [3.8, 4) is 45.5 Å². The lowest BCUT2D eigenvalue weighted by molar-refractivity contribution is 0.195. The van der Waals surface area contributed by atoms with E-state index in [1.807, 2.05) is 60.9 Å². The highest BCUT2D eigenvalue weighted by Crippen LogP contribution is 2.43. The van der Waals surface area contributed by atoms with Gasteiger partial charge in [-0.15, -0.1) is 0 Å². The third-order valence-electron chi connectivity index (χ3n) is 6.05. The minimum atomic E-state index is -2.43. The van der Waals surface area contributed by atoms with Crippen LogP contribution in [0.4, 0.5) is 0 Å². The summed E-state index contributed by atoms with van der Waals surface area (Å²) < 4.78 is 24.8. The van der Waals surface area contributed by atoms with E-state index in [2.05, 4.69) is 9.97 Å². The van der Waals surface area contributed by atoms with Crippen molar-refractivity contribution < 1.29 is 19.2 Å². The second-order valence-electron chi connectivity index (χ2n) is 9.78. The van der Waals surface area contributed by atoms with Crippen LogP contribution < -0.4 is 9.47 Å². The largest absolute Gasteiger partial charge is 0.489 e. The summed E-state index contributed by atoms with van der Waals surface area (Å²) in [6.07, 6.45) is 3.53. The molecule has 42 heavy (non-hydrogen) atoms. The molecule has 0 spiro atoms. The highest BCUT2D eigenvalue weighted by molar-refractivity contribution is 7.98. The molecule has 12 heteroatoms. The van der Waals surface area contributed by atoms with Crippen molar-refractivity contribution in [3.63, 3.8) is 0 Å². The maximum absolute atomic E-state index is 12.1. The molecule has 8 nitrogen and oxygen atoms in total. The van der Waals surface area contributed by atoms with E-state index in [1.54, 1.807) is 37.7 Å². The lowest BCUT2D eigenvalue weighted by Gasteiger charge is -2.13. The number of rotatable bonds is 10. The Balaban J connectivity index is 1.60. The second-order valence-corrected chi connectivity index (χ2v) is 14.8. The molecule has 0 saturated carbocycles. The zero-order chi connectivity index (χ0) is 29.9. The number of aromatic nitrogens is 4. The van der Waals surface area contributed by atoms with Gasteiger partial charge in [-0.3, -0.25) is 0 Å². The first kappa shape index (κ1) is 30.0. The van der Waals surface area contributed by atoms with E-state index in [4.69, 9.17) is 37.7 Å². The van der Waals surface area contributed by atoms with Gasteiger partial charge in [0.15, 0.2) is 11.0 Å². The summed E-state index contributed by atoms with van der Waals surface area (Å²) in [5.74, 6) is 1.10. The maximum Gasteiger partial charge on any atom is 0.187 e. The molecule has 1 N–H and O–H groups in total. The first-order valence-electron chi connectivity index (χ1n) is 12.8. The Hall–Kier alpha value is -3.49. The Bertz CT molecular complexity index is 1760. The highest BCUT2D eigenvalue weighted by atomic mass is 35.5. The predicted molar refractivity (Wildman–Crippen MR) is 169 cm³/mol. The fourth-order valence-electron chi connectivity index (χ4n) is 4.13. The third kappa shape index (κ3) is 6.93. The fourth-order valence-corrected chi connectivity index (χ4v) is 5.58. The average Bonchev–Trinajstić information content (AvgIpc) is 3.31. The monoisotopic (exact) mass is 640 g/mol. The molecule has 0 fully saturated rings. The Labute approximate surface area is 258 Å². The number of imidazole rings is 1. The highest BCUT2D eigenvalue weighted by Gasteiger charge is 2.26. The number of nitrogens with zero attached hydrogens (tertiary/aromatic N) is 4. The number of thioether (sulfide) groups is 1. The molecule has 0 aliphatic carbocycles. The van der Waals surface area contributed by atoms with E-state index in [9.17, 15) is 9.77 Å². The molecule has 5 aromatic rings. The van der Waals surface area contributed by atoms with Gasteiger partial charge in [0.2, 0.25) is 0 Å². The van der Waals surface area contributed by atoms with Crippen LogP contribution in [0.15, 0.2) is 84.1 Å². The van der Waals surface area contributed by atoms with Crippen molar-refractivity contribution in [2.24, 2.45) is 0 Å². The summed E-state index contributed by atoms with van der Waals surface area (Å²) in [5, 5.41) is 12.5. The van der Waals surface area contributed by atoms with Crippen molar-refractivity contribution in [2.75, 3.05) is 25.9 Å². The summed E-state index contributed by atoms with van der Waals surface area (Å²) in [5.41, 5.74) is 3.24. The Kier molecular flexibility index (Phi) is 9.13. The van der Waals surface area contributed by atoms with Gasteiger partial charge in [0.05, 0.1) is 21.3 Å². The molecule has 0 unspecified atom stereocenters. The van der Waals surface area contributed by atoms with Crippen LogP contribution >= 0.6 is 42.1 Å². The standard InChI is InChI=1S/C30H27Cl2N4O4PS/c1-41(2,38)18-40-22-15-23(31)26(24(32)16-22)29-35-27(28(36(29)37)25-12-13-33-30(34-25)42-3)20-10-7-11-21(14-20)39-17-19-8-5-4-6-9-19/h4-16,37H,17-18H2,1-3H3. The van der Waals surface area contributed by atoms with Gasteiger partial charge < -0.3 is 19.2 Å². The van der Waals surface area contributed by atoms with Crippen molar-refractivity contribution in [3.05, 3.63) is 94.6 Å². The van der Waals surface area contributed by atoms with Crippen LogP contribution in [0, 0.1) is 0 Å². The Morgan fingerprint density at radius 1 is 0.929 bits per heavy atom. The van der Waals surface area contributed by atoms with Crippen LogP contribution in [-0.2, 0) is 11.2 Å². The van der Waals surface area contributed by atoms with Crippen LogP contribution in [0.1, 0.15) is 5.56 Å². The third-order valence-corrected chi connectivity index (χ3v) is 7.96. The van der Waals surface area contributed by atoms with Crippen molar-refractivity contribution in [2.45, 2.75) is 11.8 Å². The molecule has 0 aliphatic heterocycles. The van der Waals surface area contributed by atoms with E-state index in [0.717, 1.165) is 10.3 Å².